The molecule has 0 saturated heterocycles. The number of anilines is 1. The number of nitrogens with zero attached hydrogens (tertiary/aromatic N) is 1. The van der Waals surface area contributed by atoms with Crippen molar-refractivity contribution in [2.45, 2.75) is 9.79 Å². The molecular formula is C15H14Cl2N2O3S2. The van der Waals surface area contributed by atoms with Crippen molar-refractivity contribution in [1.82, 2.24) is 4.90 Å². The minimum atomic E-state index is -3.90. The van der Waals surface area contributed by atoms with E-state index in [1.54, 1.807) is 38.4 Å². The summed E-state index contributed by atoms with van der Waals surface area (Å²) in [7, 11) is -0.615. The lowest BCUT2D eigenvalue weighted by atomic mass is 10.3. The summed E-state index contributed by atoms with van der Waals surface area (Å²) in [6.45, 7) is 0. The average molecular weight is 405 g/mol. The number of rotatable bonds is 4. The quantitative estimate of drug-likeness (QED) is 0.757. The van der Waals surface area contributed by atoms with Crippen molar-refractivity contribution in [2.24, 2.45) is 0 Å². The van der Waals surface area contributed by atoms with Gasteiger partial charge in [-0.05, 0) is 48.2 Å². The second kappa shape index (κ2) is 7.65. The Morgan fingerprint density at radius 3 is 2.50 bits per heavy atom. The number of hydrogen-bond donors (Lipinski definition) is 1. The fourth-order valence-electron chi connectivity index (χ4n) is 1.71. The fraction of sp³-hybridized carbons (Fsp3) is 0.133. The molecule has 2 rings (SSSR count). The fourth-order valence-corrected chi connectivity index (χ4v) is 4.24. The molecule has 0 spiro atoms. The summed E-state index contributed by atoms with van der Waals surface area (Å²) < 4.78 is 27.4. The number of halogens is 2. The monoisotopic (exact) mass is 404 g/mol. The first-order valence-corrected chi connectivity index (χ1v) is 9.71. The minimum Gasteiger partial charge on any atom is -0.339 e. The first-order valence-electron chi connectivity index (χ1n) is 6.66. The summed E-state index contributed by atoms with van der Waals surface area (Å²) in [4.78, 5) is 13.7. The van der Waals surface area contributed by atoms with Gasteiger partial charge in [-0.1, -0.05) is 29.3 Å². The molecule has 5 nitrogen and oxygen atoms in total. The topological polar surface area (TPSA) is 66.5 Å². The van der Waals surface area contributed by atoms with Crippen molar-refractivity contribution in [3.8, 4) is 0 Å². The molecule has 0 aromatic heterocycles. The van der Waals surface area contributed by atoms with Crippen molar-refractivity contribution in [1.29, 1.82) is 0 Å². The van der Waals surface area contributed by atoms with Crippen molar-refractivity contribution < 1.29 is 13.2 Å². The maximum atomic E-state index is 12.5. The molecule has 0 atom stereocenters. The van der Waals surface area contributed by atoms with Gasteiger partial charge in [0.2, 0.25) is 0 Å². The number of thioether (sulfide) groups is 1. The summed E-state index contributed by atoms with van der Waals surface area (Å²) in [6.07, 6.45) is 0. The van der Waals surface area contributed by atoms with Gasteiger partial charge in [-0.15, -0.1) is 0 Å². The van der Waals surface area contributed by atoms with Crippen LogP contribution in [0.5, 0.6) is 0 Å². The van der Waals surface area contributed by atoms with Gasteiger partial charge < -0.3 is 4.90 Å². The van der Waals surface area contributed by atoms with Gasteiger partial charge in [-0.2, -0.15) is 0 Å². The summed E-state index contributed by atoms with van der Waals surface area (Å²) in [5.74, 6) is 0. The van der Waals surface area contributed by atoms with E-state index in [1.165, 1.54) is 23.1 Å². The van der Waals surface area contributed by atoms with Crippen LogP contribution in [0.25, 0.3) is 0 Å². The van der Waals surface area contributed by atoms with Gasteiger partial charge in [-0.3, -0.25) is 9.52 Å². The first-order chi connectivity index (χ1) is 11.2. The number of nitrogens with one attached hydrogen (secondary N) is 1. The molecule has 2 aromatic carbocycles. The van der Waals surface area contributed by atoms with Crippen LogP contribution in [0.3, 0.4) is 0 Å². The lowest BCUT2D eigenvalue weighted by molar-refractivity contribution is 0.241. The van der Waals surface area contributed by atoms with E-state index >= 15 is 0 Å². The summed E-state index contributed by atoms with van der Waals surface area (Å²) in [5, 5.41) is 0.175. The van der Waals surface area contributed by atoms with Gasteiger partial charge in [0.05, 0.1) is 5.02 Å². The standard InChI is InChI=1S/C15H14Cl2N2O3S2/c1-19(2)15(20)23-12-5-3-4-11(9-12)18-24(21,22)14-8-10(16)6-7-13(14)17/h3-9,18H,1-2H3. The van der Waals surface area contributed by atoms with Crippen LogP contribution in [0, 0.1) is 0 Å². The predicted molar refractivity (Wildman–Crippen MR) is 98.7 cm³/mol. The van der Waals surface area contributed by atoms with Crippen molar-refractivity contribution in [2.75, 3.05) is 18.8 Å². The van der Waals surface area contributed by atoms with E-state index < -0.39 is 10.0 Å². The van der Waals surface area contributed by atoms with Gasteiger partial charge in [0.15, 0.2) is 0 Å². The number of carbonyl (C=O) groups is 1. The van der Waals surface area contributed by atoms with Crippen LogP contribution >= 0.6 is 35.0 Å². The molecule has 0 bridgehead atoms. The zero-order valence-corrected chi connectivity index (χ0v) is 15.9. The van der Waals surface area contributed by atoms with E-state index in [9.17, 15) is 13.2 Å². The van der Waals surface area contributed by atoms with E-state index in [2.05, 4.69) is 4.72 Å². The number of carbonyl (C=O) groups excluding carboxylic acids is 1. The van der Waals surface area contributed by atoms with E-state index in [0.717, 1.165) is 11.8 Å². The Kier molecular flexibility index (Phi) is 6.03. The second-order valence-corrected chi connectivity index (χ2v) is 8.49. The van der Waals surface area contributed by atoms with E-state index in [4.69, 9.17) is 23.2 Å². The SMILES string of the molecule is CN(C)C(=O)Sc1cccc(NS(=O)(=O)c2cc(Cl)ccc2Cl)c1. The molecule has 24 heavy (non-hydrogen) atoms. The minimum absolute atomic E-state index is 0.0696. The maximum absolute atomic E-state index is 12.5. The van der Waals surface area contributed by atoms with Crippen LogP contribution in [0.15, 0.2) is 52.3 Å². The Labute approximate surface area is 155 Å². The molecule has 0 aliphatic rings. The number of hydrogen-bond acceptors (Lipinski definition) is 4. The molecule has 2 aromatic rings. The van der Waals surface area contributed by atoms with Gasteiger partial charge >= 0.3 is 0 Å². The van der Waals surface area contributed by atoms with Gasteiger partial charge in [-0.25, -0.2) is 8.42 Å². The highest BCUT2D eigenvalue weighted by atomic mass is 35.5. The first kappa shape index (κ1) is 18.9. The Morgan fingerprint density at radius 1 is 1.12 bits per heavy atom. The van der Waals surface area contributed by atoms with Crippen molar-refractivity contribution >= 4 is 55.9 Å². The molecule has 128 valence electrons. The van der Waals surface area contributed by atoms with Crippen LogP contribution in [-0.4, -0.2) is 32.7 Å². The molecule has 1 N–H and O–H groups in total. The lowest BCUT2D eigenvalue weighted by Gasteiger charge is -2.12. The Morgan fingerprint density at radius 2 is 1.83 bits per heavy atom. The smallest absolute Gasteiger partial charge is 0.285 e. The third-order valence-corrected chi connectivity index (χ3v) is 5.97. The second-order valence-electron chi connectivity index (χ2n) is 4.97. The molecule has 0 radical (unpaired) electrons. The molecule has 0 aliphatic carbocycles. The highest BCUT2D eigenvalue weighted by molar-refractivity contribution is 8.13. The molecular weight excluding hydrogens is 391 g/mol. The largest absolute Gasteiger partial charge is 0.339 e. The van der Waals surface area contributed by atoms with Crippen LogP contribution in [0.4, 0.5) is 10.5 Å². The number of sulfonamides is 1. The normalized spacial score (nSPS) is 11.2. The molecule has 0 aliphatic heterocycles. The summed E-state index contributed by atoms with van der Waals surface area (Å²) in [5.41, 5.74) is 0.322. The van der Waals surface area contributed by atoms with Crippen molar-refractivity contribution in [3.05, 3.63) is 52.5 Å². The van der Waals surface area contributed by atoms with E-state index in [-0.39, 0.29) is 20.2 Å². The highest BCUT2D eigenvalue weighted by Gasteiger charge is 2.19. The van der Waals surface area contributed by atoms with Crippen LogP contribution in [-0.2, 0) is 10.0 Å². The number of benzene rings is 2. The van der Waals surface area contributed by atoms with Crippen LogP contribution in [0.1, 0.15) is 0 Å². The van der Waals surface area contributed by atoms with E-state index in [0.29, 0.717) is 10.6 Å². The molecule has 0 saturated carbocycles. The van der Waals surface area contributed by atoms with Crippen LogP contribution < -0.4 is 4.72 Å². The highest BCUT2D eigenvalue weighted by Crippen LogP contribution is 2.28. The van der Waals surface area contributed by atoms with Gasteiger partial charge in [0.25, 0.3) is 15.3 Å². The predicted octanol–water partition coefficient (Wildman–Crippen LogP) is 4.57. The lowest BCUT2D eigenvalue weighted by Crippen LogP contribution is -2.16. The molecule has 0 unspecified atom stereocenters. The Hall–Kier alpha value is -1.41. The summed E-state index contributed by atoms with van der Waals surface area (Å²) >= 11 is 12.8. The Balaban J connectivity index is 2.27. The third-order valence-electron chi connectivity index (χ3n) is 2.84. The zero-order chi connectivity index (χ0) is 17.9. The van der Waals surface area contributed by atoms with E-state index in [1.807, 2.05) is 0 Å². The molecule has 1 amide bonds. The van der Waals surface area contributed by atoms with Crippen molar-refractivity contribution in [3.63, 3.8) is 0 Å². The van der Waals surface area contributed by atoms with Gasteiger partial charge in [0, 0.05) is 29.7 Å². The molecule has 0 fully saturated rings. The van der Waals surface area contributed by atoms with Gasteiger partial charge in [0.1, 0.15) is 4.90 Å². The average Bonchev–Trinajstić information content (AvgIpc) is 2.49. The third kappa shape index (κ3) is 4.80. The molecule has 0 heterocycles. The summed E-state index contributed by atoms with van der Waals surface area (Å²) in [6, 6.07) is 10.7. The Bertz CT molecular complexity index is 871. The molecule has 9 heteroatoms. The maximum Gasteiger partial charge on any atom is 0.285 e. The number of amides is 1. The van der Waals surface area contributed by atoms with Crippen LogP contribution in [0.2, 0.25) is 10.0 Å². The zero-order valence-electron chi connectivity index (χ0n) is 12.8.